The largest absolute Gasteiger partial charge is 0.328 e. The van der Waals surface area contributed by atoms with Crippen molar-refractivity contribution in [2.75, 3.05) is 0 Å². The van der Waals surface area contributed by atoms with E-state index < -0.39 is 5.95 Å². The van der Waals surface area contributed by atoms with Crippen LogP contribution in [0.2, 0.25) is 5.02 Å². The summed E-state index contributed by atoms with van der Waals surface area (Å²) in [4.78, 5) is 3.52. The van der Waals surface area contributed by atoms with E-state index in [-0.39, 0.29) is 6.04 Å². The standard InChI is InChI=1S/C9H12ClFN2/c1-6(12)2-3-7-4-8(10)5-13-9(7)11/h4-6H,2-3,12H2,1H3/t6-/m0/s1. The van der Waals surface area contributed by atoms with Gasteiger partial charge in [-0.3, -0.25) is 0 Å². The van der Waals surface area contributed by atoms with Crippen molar-refractivity contribution in [3.05, 3.63) is 28.8 Å². The number of nitrogens with two attached hydrogens (primary N) is 1. The zero-order valence-corrected chi connectivity index (χ0v) is 8.18. The smallest absolute Gasteiger partial charge is 0.216 e. The lowest BCUT2D eigenvalue weighted by molar-refractivity contribution is 0.554. The fourth-order valence-electron chi connectivity index (χ4n) is 1.02. The van der Waals surface area contributed by atoms with E-state index in [0.29, 0.717) is 17.0 Å². The maximum absolute atomic E-state index is 13.0. The number of aromatic nitrogens is 1. The molecule has 0 radical (unpaired) electrons. The highest BCUT2D eigenvalue weighted by atomic mass is 35.5. The number of nitrogens with zero attached hydrogens (tertiary/aromatic N) is 1. The van der Waals surface area contributed by atoms with Gasteiger partial charge >= 0.3 is 0 Å². The Hall–Kier alpha value is -0.670. The van der Waals surface area contributed by atoms with Crippen molar-refractivity contribution < 1.29 is 4.39 Å². The third kappa shape index (κ3) is 3.28. The molecule has 2 N–H and O–H groups in total. The minimum Gasteiger partial charge on any atom is -0.328 e. The van der Waals surface area contributed by atoms with E-state index in [4.69, 9.17) is 17.3 Å². The molecule has 0 saturated carbocycles. The van der Waals surface area contributed by atoms with Crippen LogP contribution in [0.3, 0.4) is 0 Å². The lowest BCUT2D eigenvalue weighted by Crippen LogP contribution is -2.15. The predicted octanol–water partition coefficient (Wildman–Crippen LogP) is 2.15. The van der Waals surface area contributed by atoms with Gasteiger partial charge < -0.3 is 5.73 Å². The van der Waals surface area contributed by atoms with Gasteiger partial charge in [-0.25, -0.2) is 4.98 Å². The molecule has 0 aromatic carbocycles. The van der Waals surface area contributed by atoms with Crippen LogP contribution in [-0.4, -0.2) is 11.0 Å². The van der Waals surface area contributed by atoms with Crippen LogP contribution in [0.4, 0.5) is 4.39 Å². The first kappa shape index (κ1) is 10.4. The minimum absolute atomic E-state index is 0.0679. The van der Waals surface area contributed by atoms with E-state index in [9.17, 15) is 4.39 Å². The fraction of sp³-hybridized carbons (Fsp3) is 0.444. The van der Waals surface area contributed by atoms with Crippen LogP contribution < -0.4 is 5.73 Å². The van der Waals surface area contributed by atoms with E-state index in [1.54, 1.807) is 6.07 Å². The number of rotatable bonds is 3. The van der Waals surface area contributed by atoms with E-state index in [1.165, 1.54) is 6.20 Å². The molecule has 2 nitrogen and oxygen atoms in total. The van der Waals surface area contributed by atoms with Gasteiger partial charge in [0.1, 0.15) is 0 Å². The number of hydrogen-bond acceptors (Lipinski definition) is 2. The SMILES string of the molecule is C[C@H](N)CCc1cc(Cl)cnc1F. The van der Waals surface area contributed by atoms with Crippen LogP contribution in [0.5, 0.6) is 0 Å². The molecule has 1 atom stereocenters. The number of halogens is 2. The molecule has 4 heteroatoms. The minimum atomic E-state index is -0.454. The van der Waals surface area contributed by atoms with E-state index >= 15 is 0 Å². The summed E-state index contributed by atoms with van der Waals surface area (Å²) in [5.74, 6) is -0.454. The Bertz CT molecular complexity index is 289. The summed E-state index contributed by atoms with van der Waals surface area (Å²) in [6.45, 7) is 1.88. The second kappa shape index (κ2) is 4.53. The van der Waals surface area contributed by atoms with Crippen molar-refractivity contribution >= 4 is 11.6 Å². The van der Waals surface area contributed by atoms with E-state index in [0.717, 1.165) is 6.42 Å². The van der Waals surface area contributed by atoms with Crippen molar-refractivity contribution in [3.63, 3.8) is 0 Å². The molecule has 0 fully saturated rings. The second-order valence-electron chi connectivity index (χ2n) is 3.12. The average Bonchev–Trinajstić information content (AvgIpc) is 2.06. The van der Waals surface area contributed by atoms with Gasteiger partial charge in [-0.15, -0.1) is 0 Å². The van der Waals surface area contributed by atoms with Crippen molar-refractivity contribution in [2.45, 2.75) is 25.8 Å². The molecule has 0 saturated heterocycles. The molecule has 0 amide bonds. The Morgan fingerprint density at radius 1 is 1.69 bits per heavy atom. The molecule has 0 unspecified atom stereocenters. The second-order valence-corrected chi connectivity index (χ2v) is 3.56. The summed E-state index contributed by atoms with van der Waals surface area (Å²) in [5.41, 5.74) is 6.08. The average molecular weight is 203 g/mol. The van der Waals surface area contributed by atoms with Crippen LogP contribution in [0.25, 0.3) is 0 Å². The highest BCUT2D eigenvalue weighted by Crippen LogP contribution is 2.14. The predicted molar refractivity (Wildman–Crippen MR) is 51.2 cm³/mol. The van der Waals surface area contributed by atoms with Gasteiger partial charge in [-0.2, -0.15) is 4.39 Å². The van der Waals surface area contributed by atoms with E-state index in [1.807, 2.05) is 6.92 Å². The van der Waals surface area contributed by atoms with Crippen molar-refractivity contribution in [2.24, 2.45) is 5.73 Å². The summed E-state index contributed by atoms with van der Waals surface area (Å²) < 4.78 is 13.0. The first-order chi connectivity index (χ1) is 6.09. The zero-order chi connectivity index (χ0) is 9.84. The van der Waals surface area contributed by atoms with Gasteiger partial charge in [-0.1, -0.05) is 11.6 Å². The van der Waals surface area contributed by atoms with Crippen LogP contribution in [0.1, 0.15) is 18.9 Å². The first-order valence-corrected chi connectivity index (χ1v) is 4.53. The zero-order valence-electron chi connectivity index (χ0n) is 7.43. The highest BCUT2D eigenvalue weighted by Gasteiger charge is 2.05. The van der Waals surface area contributed by atoms with Gasteiger partial charge in [0.15, 0.2) is 0 Å². The molecule has 1 heterocycles. The van der Waals surface area contributed by atoms with Crippen LogP contribution in [0, 0.1) is 5.95 Å². The molecule has 1 aromatic rings. The number of hydrogen-bond donors (Lipinski definition) is 1. The van der Waals surface area contributed by atoms with Crippen LogP contribution in [-0.2, 0) is 6.42 Å². The Balaban J connectivity index is 2.70. The quantitative estimate of drug-likeness (QED) is 0.763. The van der Waals surface area contributed by atoms with Gasteiger partial charge in [0.2, 0.25) is 5.95 Å². The summed E-state index contributed by atoms with van der Waals surface area (Å²) in [5, 5.41) is 0.459. The highest BCUT2D eigenvalue weighted by molar-refractivity contribution is 6.30. The first-order valence-electron chi connectivity index (χ1n) is 4.15. The Morgan fingerprint density at radius 2 is 2.38 bits per heavy atom. The molecule has 13 heavy (non-hydrogen) atoms. The molecule has 0 aliphatic carbocycles. The van der Waals surface area contributed by atoms with Crippen molar-refractivity contribution in [1.29, 1.82) is 0 Å². The normalized spacial score (nSPS) is 12.9. The monoisotopic (exact) mass is 202 g/mol. The van der Waals surface area contributed by atoms with Gasteiger partial charge in [0.05, 0.1) is 5.02 Å². The van der Waals surface area contributed by atoms with Crippen molar-refractivity contribution in [3.8, 4) is 0 Å². The Kier molecular flexibility index (Phi) is 3.63. The summed E-state index contributed by atoms with van der Waals surface area (Å²) in [6.07, 6.45) is 2.61. The molecule has 0 bridgehead atoms. The van der Waals surface area contributed by atoms with Gasteiger partial charge in [-0.05, 0) is 25.8 Å². The third-order valence-corrected chi connectivity index (χ3v) is 1.95. The topological polar surface area (TPSA) is 38.9 Å². The van der Waals surface area contributed by atoms with Crippen molar-refractivity contribution in [1.82, 2.24) is 4.98 Å². The molecule has 0 aliphatic heterocycles. The molecule has 0 spiro atoms. The van der Waals surface area contributed by atoms with Crippen LogP contribution in [0.15, 0.2) is 12.3 Å². The maximum atomic E-state index is 13.0. The summed E-state index contributed by atoms with van der Waals surface area (Å²) >= 11 is 5.67. The van der Waals surface area contributed by atoms with Gasteiger partial charge in [0.25, 0.3) is 0 Å². The number of aryl methyl sites for hydroxylation is 1. The maximum Gasteiger partial charge on any atom is 0.216 e. The number of pyridine rings is 1. The third-order valence-electron chi connectivity index (χ3n) is 1.75. The summed E-state index contributed by atoms with van der Waals surface area (Å²) in [7, 11) is 0. The molecule has 1 rings (SSSR count). The Labute approximate surface area is 81.9 Å². The van der Waals surface area contributed by atoms with Crippen LogP contribution >= 0.6 is 11.6 Å². The molecular weight excluding hydrogens is 191 g/mol. The molecule has 1 aromatic heterocycles. The lowest BCUT2D eigenvalue weighted by Gasteiger charge is -2.05. The van der Waals surface area contributed by atoms with E-state index in [2.05, 4.69) is 4.98 Å². The molecule has 0 aliphatic rings. The molecule has 72 valence electrons. The Morgan fingerprint density at radius 3 is 3.00 bits per heavy atom. The summed E-state index contributed by atoms with van der Waals surface area (Å²) in [6, 6.07) is 1.66. The lowest BCUT2D eigenvalue weighted by atomic mass is 10.1. The molecular formula is C9H12ClFN2. The fourth-order valence-corrected chi connectivity index (χ4v) is 1.20. The van der Waals surface area contributed by atoms with Gasteiger partial charge in [0, 0.05) is 17.8 Å².